The molecule has 0 radical (unpaired) electrons. The van der Waals surface area contributed by atoms with Crippen LogP contribution in [0.4, 0.5) is 21.9 Å². The summed E-state index contributed by atoms with van der Waals surface area (Å²) in [6, 6.07) is 53.3. The average Bonchev–Trinajstić information content (AvgIpc) is 1.70. The zero-order valence-corrected chi connectivity index (χ0v) is 63.0. The van der Waals surface area contributed by atoms with Crippen LogP contribution in [0, 0.1) is 34.0 Å². The minimum absolute atomic E-state index is 0.119. The quantitative estimate of drug-likeness (QED) is 0.0121. The molecule has 5 N–H and O–H groups in total. The first-order valence-electron chi connectivity index (χ1n) is 34.2. The number of likely N-dealkylation sites (N-methyl/N-ethyl adjacent to an activating group) is 3. The zero-order chi connectivity index (χ0) is 73.9. The number of hydrogen-bond acceptors (Lipinski definition) is 22. The van der Waals surface area contributed by atoms with Crippen molar-refractivity contribution >= 4 is 141 Å². The van der Waals surface area contributed by atoms with Crippen molar-refractivity contribution in [2.75, 3.05) is 153 Å². The number of carbonyl (C=O) groups excluding carboxylic acids is 2. The van der Waals surface area contributed by atoms with Gasteiger partial charge in [-0.1, -0.05) is 86.3 Å². The fourth-order valence-electron chi connectivity index (χ4n) is 9.38. The van der Waals surface area contributed by atoms with Crippen LogP contribution >= 0.6 is 57.2 Å². The summed E-state index contributed by atoms with van der Waals surface area (Å²) in [5.41, 5.74) is 14.7. The molecule has 1 amide bonds. The number of fused-ring (bicyclic) bond motifs is 3. The van der Waals surface area contributed by atoms with Crippen molar-refractivity contribution in [2.45, 2.75) is 57.8 Å². The van der Waals surface area contributed by atoms with E-state index in [2.05, 4.69) is 38.5 Å². The highest BCUT2D eigenvalue weighted by atomic mass is 35.5. The van der Waals surface area contributed by atoms with Gasteiger partial charge in [0.25, 0.3) is 0 Å². The summed E-state index contributed by atoms with van der Waals surface area (Å²) in [6.07, 6.45) is 13.5. The third-order valence-electron chi connectivity index (χ3n) is 15.0. The Balaban J connectivity index is 0.000000255. The number of unbranched alkanes of at least 4 members (excludes halogenated alkanes) is 6. The van der Waals surface area contributed by atoms with E-state index >= 15 is 0 Å². The lowest BCUT2D eigenvalue weighted by molar-refractivity contribution is 0.0469. The number of nitrogens with two attached hydrogens (primary N) is 1. The molecule has 0 bridgehead atoms. The number of rotatable bonds is 39. The van der Waals surface area contributed by atoms with E-state index in [0.717, 1.165) is 139 Å². The molecule has 0 aliphatic heterocycles. The third-order valence-corrected chi connectivity index (χ3v) is 18.7. The van der Waals surface area contributed by atoms with Crippen LogP contribution in [0.2, 0.25) is 0 Å². The van der Waals surface area contributed by atoms with Crippen molar-refractivity contribution in [3.63, 3.8) is 0 Å². The van der Waals surface area contributed by atoms with E-state index in [1.54, 1.807) is 23.5 Å². The smallest absolute Gasteiger partial charge is 0.407 e. The van der Waals surface area contributed by atoms with Crippen molar-refractivity contribution in [3.05, 3.63) is 177 Å². The van der Waals surface area contributed by atoms with E-state index in [1.807, 2.05) is 181 Å². The van der Waals surface area contributed by atoms with E-state index in [9.17, 15) is 20.1 Å². The summed E-state index contributed by atoms with van der Waals surface area (Å²) in [5.74, 6) is 1.49. The van der Waals surface area contributed by atoms with Crippen molar-refractivity contribution in [1.82, 2.24) is 20.3 Å². The topological polar surface area (TPSA) is 279 Å². The van der Waals surface area contributed by atoms with Gasteiger partial charge in [0.05, 0.1) is 114 Å². The highest BCUT2D eigenvalue weighted by molar-refractivity contribution is 7.20. The number of amides is 1. The molecule has 0 spiro atoms. The van der Waals surface area contributed by atoms with Crippen molar-refractivity contribution < 1.29 is 43.5 Å². The van der Waals surface area contributed by atoms with E-state index in [0.29, 0.717) is 101 Å². The molecule has 20 nitrogen and oxygen atoms in total. The van der Waals surface area contributed by atoms with Crippen LogP contribution < -0.4 is 25.8 Å². The number of nitrogens with zero attached hydrogens (tertiary/aromatic N) is 9. The van der Waals surface area contributed by atoms with E-state index < -0.39 is 6.09 Å². The summed E-state index contributed by atoms with van der Waals surface area (Å²) >= 11 is 15.8. The maximum Gasteiger partial charge on any atom is 0.407 e. The number of alkyl halides is 2. The monoisotopic (exact) mass is 1500 g/mol. The van der Waals surface area contributed by atoms with Gasteiger partial charge in [-0.25, -0.2) is 19.7 Å². The first kappa shape index (κ1) is 85.2. The number of thiazole rings is 3. The maximum atomic E-state index is 11.9. The predicted molar refractivity (Wildman–Crippen MR) is 424 cm³/mol. The number of hydrogen-bond donors (Lipinski definition) is 4. The number of aliphatic hydroxyl groups is 2. The lowest BCUT2D eigenvalue weighted by Crippen LogP contribution is -2.31. The van der Waals surface area contributed by atoms with E-state index in [4.69, 9.17) is 68.1 Å². The summed E-state index contributed by atoms with van der Waals surface area (Å²) < 4.78 is 30.1. The van der Waals surface area contributed by atoms with Crippen LogP contribution in [0.15, 0.2) is 146 Å². The molecule has 0 saturated heterocycles. The number of aromatic nitrogens is 3. The van der Waals surface area contributed by atoms with Crippen LogP contribution in [0.1, 0.15) is 87.9 Å². The maximum absolute atomic E-state index is 11.9. The first-order chi connectivity index (χ1) is 50.4. The Hall–Kier alpha value is -8.42. The first-order valence-corrected chi connectivity index (χ1v) is 37.7. The van der Waals surface area contributed by atoms with Crippen molar-refractivity contribution in [2.24, 2.45) is 5.73 Å². The minimum Gasteiger partial charge on any atom is -0.448 e. The van der Waals surface area contributed by atoms with Crippen molar-refractivity contribution in [3.8, 4) is 18.2 Å². The molecule has 3 aromatic heterocycles. The SMILES string of the molecule is CN(CCO)c1ccc(/C=C(\C#N)c2nc3ccccc3s2)cc1.CN(CCO)c1ccc(C=O)cc1.CN(CCOC(=O)NCCOCCOCCCCCCCl)c1ccc(/C=C(\C#N)c2nc3ccccc3s2)cc1.N#CCc1nc2ccccc2s1.NCCOCCOCCCCCCCl. The number of carbonyl (C=O) groups is 2. The Kier molecular flexibility index (Phi) is 43.5. The Bertz CT molecular complexity index is 3910. The Morgan fingerprint density at radius 2 is 0.903 bits per heavy atom. The molecule has 0 aliphatic carbocycles. The van der Waals surface area contributed by atoms with Crippen molar-refractivity contribution in [1.29, 1.82) is 15.8 Å². The summed E-state index contributed by atoms with van der Waals surface area (Å²) in [7, 11) is 5.76. The number of anilines is 3. The van der Waals surface area contributed by atoms with Gasteiger partial charge in [0, 0.05) is 94.9 Å². The molecule has 25 heteroatoms. The van der Waals surface area contributed by atoms with Gasteiger partial charge in [0.1, 0.15) is 40.1 Å². The number of halogens is 2. The molecular weight excluding hydrogens is 1400 g/mol. The lowest BCUT2D eigenvalue weighted by atomic mass is 10.1. The van der Waals surface area contributed by atoms with E-state index in [-0.39, 0.29) is 19.8 Å². The van der Waals surface area contributed by atoms with Gasteiger partial charge >= 0.3 is 6.09 Å². The molecule has 6 aromatic carbocycles. The number of allylic oxidation sites excluding steroid dienone is 2. The van der Waals surface area contributed by atoms with Crippen LogP contribution in [0.5, 0.6) is 0 Å². The number of nitriles is 3. The standard InChI is InChI=1S/C30H37ClN4O4S.C19H17N3OS.C10H22ClNO2.C10H13NO2.C9H6N2S/c1-35(16-19-39-30(36)33-15-18-38-21-20-37-17-7-3-2-6-14-31)26-12-10-24(11-13-26)22-25(23-32)29-34-27-8-4-5-9-28(27)40-29;1-22(10-11-23)16-8-6-14(7-9-16)12-15(13-20)19-21-17-4-2-3-5-18(17)24-19;11-5-3-1-2-4-7-13-9-10-14-8-6-12;1-11(6-7-12)10-4-2-9(8-13)3-5-10;10-6-5-9-11-7-3-1-2-4-8(7)12-9/h4-5,8-13,22H,2-3,6-7,14-21H2,1H3,(H,33,36);2-9,12,23H,10-11H2,1H3;1-10,12H2;2-5,8,12H,6-7H2,1H3;1-4H,5H2/b25-22+;15-12+;;;. The van der Waals surface area contributed by atoms with Gasteiger partial charge in [-0.2, -0.15) is 15.8 Å². The van der Waals surface area contributed by atoms with Gasteiger partial charge < -0.3 is 59.6 Å². The highest BCUT2D eigenvalue weighted by Gasteiger charge is 2.12. The molecule has 548 valence electrons. The largest absolute Gasteiger partial charge is 0.448 e. The van der Waals surface area contributed by atoms with Gasteiger partial charge in [0.2, 0.25) is 0 Å². The molecule has 0 saturated carbocycles. The molecule has 0 fully saturated rings. The van der Waals surface area contributed by atoms with Crippen LogP contribution in [0.3, 0.4) is 0 Å². The molecule has 9 rings (SSSR count). The molecule has 0 atom stereocenters. The van der Waals surface area contributed by atoms with Crippen LogP contribution in [-0.4, -0.2) is 176 Å². The molecule has 0 unspecified atom stereocenters. The number of alkyl carbamates (subject to hydrolysis) is 1. The lowest BCUT2D eigenvalue weighted by Gasteiger charge is -2.19. The number of ether oxygens (including phenoxy) is 5. The number of para-hydroxylation sites is 3. The molecule has 9 aromatic rings. The normalized spacial score (nSPS) is 10.9. The minimum atomic E-state index is -0.468. The summed E-state index contributed by atoms with van der Waals surface area (Å²) in [4.78, 5) is 41.6. The second-order valence-corrected chi connectivity index (χ2v) is 26.8. The zero-order valence-electron chi connectivity index (χ0n) is 59.0. The Morgan fingerprint density at radius 1 is 0.505 bits per heavy atom. The van der Waals surface area contributed by atoms with Gasteiger partial charge in [0.15, 0.2) is 0 Å². The number of aldehydes is 1. The third kappa shape index (κ3) is 33.7. The van der Waals surface area contributed by atoms with Crippen LogP contribution in [0.25, 0.3) is 53.9 Å². The van der Waals surface area contributed by atoms with E-state index in [1.165, 1.54) is 35.5 Å². The molecule has 3 heterocycles. The Labute approximate surface area is 628 Å². The number of nitrogens with one attached hydrogen (secondary N) is 1. The second-order valence-electron chi connectivity index (χ2n) is 22.8. The van der Waals surface area contributed by atoms with Crippen LogP contribution in [-0.2, 0) is 30.1 Å². The molecular formula is C78H95Cl2N11O9S3. The summed E-state index contributed by atoms with van der Waals surface area (Å²) in [6.45, 7) is 8.15. The van der Waals surface area contributed by atoms with Gasteiger partial charge in [-0.05, 0) is 134 Å². The Morgan fingerprint density at radius 3 is 1.30 bits per heavy atom. The van der Waals surface area contributed by atoms with Gasteiger partial charge in [-0.3, -0.25) is 4.79 Å². The van der Waals surface area contributed by atoms with Gasteiger partial charge in [-0.15, -0.1) is 57.2 Å². The summed E-state index contributed by atoms with van der Waals surface area (Å²) in [5, 5.41) is 50.4. The number of aliphatic hydroxyl groups excluding tert-OH is 2. The molecule has 103 heavy (non-hydrogen) atoms. The predicted octanol–water partition coefficient (Wildman–Crippen LogP) is 15.2. The molecule has 0 aliphatic rings. The highest BCUT2D eigenvalue weighted by Crippen LogP contribution is 2.30. The fourth-order valence-corrected chi connectivity index (χ4v) is 12.5. The number of benzene rings is 6. The second kappa shape index (κ2) is 52.5. The average molecular weight is 1500 g/mol. The fraction of sp³-hybridized carbons (Fsp3) is 0.385.